The van der Waals surface area contributed by atoms with Crippen LogP contribution in [0.15, 0.2) is 30.5 Å². The highest BCUT2D eigenvalue weighted by Gasteiger charge is 2.26. The molecule has 1 fully saturated rings. The van der Waals surface area contributed by atoms with Crippen LogP contribution in [0.3, 0.4) is 0 Å². The van der Waals surface area contributed by atoms with E-state index in [9.17, 15) is 14.0 Å². The van der Waals surface area contributed by atoms with Gasteiger partial charge in [0.05, 0.1) is 17.4 Å². The van der Waals surface area contributed by atoms with Crippen molar-refractivity contribution in [3.8, 4) is 11.3 Å². The maximum absolute atomic E-state index is 14.8. The molecular weight excluding hydrogens is 507 g/mol. The second-order valence-corrected chi connectivity index (χ2v) is 12.5. The lowest BCUT2D eigenvalue weighted by molar-refractivity contribution is -0.156. The average Bonchev–Trinajstić information content (AvgIpc) is 2.85. The van der Waals surface area contributed by atoms with Crippen molar-refractivity contribution in [1.29, 1.82) is 0 Å². The van der Waals surface area contributed by atoms with Gasteiger partial charge in [0.15, 0.2) is 0 Å². The van der Waals surface area contributed by atoms with Crippen LogP contribution in [0.25, 0.3) is 22.3 Å². The van der Waals surface area contributed by atoms with E-state index < -0.39 is 11.4 Å². The first kappa shape index (κ1) is 29.6. The third kappa shape index (κ3) is 8.05. The molecule has 0 bridgehead atoms. The minimum absolute atomic E-state index is 0.0386. The van der Waals surface area contributed by atoms with Crippen molar-refractivity contribution in [2.24, 2.45) is 11.8 Å². The number of carbonyl (C=O) groups excluding carboxylic acids is 2. The number of hydrogen-bond donors (Lipinski definition) is 1. The van der Waals surface area contributed by atoms with E-state index >= 15 is 0 Å². The quantitative estimate of drug-likeness (QED) is 0.288. The second kappa shape index (κ2) is 12.4. The van der Waals surface area contributed by atoms with Gasteiger partial charge in [-0.1, -0.05) is 26.0 Å². The summed E-state index contributed by atoms with van der Waals surface area (Å²) < 4.78 is 20.3. The van der Waals surface area contributed by atoms with Crippen molar-refractivity contribution in [3.05, 3.63) is 47.4 Å². The first-order chi connectivity index (χ1) is 18.9. The Morgan fingerprint density at radius 1 is 1.10 bits per heavy atom. The Bertz CT molecular complexity index is 1370. The molecule has 2 aromatic heterocycles. The van der Waals surface area contributed by atoms with E-state index in [0.29, 0.717) is 47.0 Å². The molecule has 0 saturated heterocycles. The lowest BCUT2D eigenvalue weighted by atomic mass is 9.84. The third-order valence-corrected chi connectivity index (χ3v) is 7.16. The zero-order valence-corrected chi connectivity index (χ0v) is 24.5. The van der Waals surface area contributed by atoms with E-state index in [1.165, 1.54) is 6.07 Å². The standard InChI is InChI=1S/C32H41FN4O3/c1-19(2)13-25(38)16-22-9-10-23(17-26(22)33)27-14-20(3)30-28(36-27)18-34-31(37-30)35-24-11-7-21(8-12-24)15-29(39)40-32(4,5)6/h9-10,14,17-19,21,24H,7-8,11-13,15-16H2,1-6H3,(H,34,35,37). The van der Waals surface area contributed by atoms with Crippen molar-refractivity contribution >= 4 is 28.7 Å². The number of Topliss-reactive ketones (excluding diaryl/α,β-unsaturated/α-hetero) is 1. The van der Waals surface area contributed by atoms with E-state index in [-0.39, 0.29) is 30.1 Å². The van der Waals surface area contributed by atoms with Gasteiger partial charge in [-0.25, -0.2) is 19.3 Å². The number of aryl methyl sites for hydroxylation is 1. The number of carbonyl (C=O) groups is 2. The molecule has 0 aliphatic heterocycles. The van der Waals surface area contributed by atoms with Gasteiger partial charge in [-0.2, -0.15) is 0 Å². The first-order valence-corrected chi connectivity index (χ1v) is 14.3. The highest BCUT2D eigenvalue weighted by molar-refractivity contribution is 5.83. The molecule has 0 spiro atoms. The Balaban J connectivity index is 1.40. The third-order valence-electron chi connectivity index (χ3n) is 7.16. The Kier molecular flexibility index (Phi) is 9.16. The van der Waals surface area contributed by atoms with E-state index in [4.69, 9.17) is 14.7 Å². The van der Waals surface area contributed by atoms with Crippen molar-refractivity contribution < 1.29 is 18.7 Å². The predicted octanol–water partition coefficient (Wildman–Crippen LogP) is 7.00. The molecule has 8 heteroatoms. The molecule has 0 unspecified atom stereocenters. The van der Waals surface area contributed by atoms with Crippen LogP contribution in [0.1, 0.15) is 84.3 Å². The fourth-order valence-corrected chi connectivity index (χ4v) is 5.30. The number of esters is 1. The molecule has 3 aromatic rings. The van der Waals surface area contributed by atoms with Crippen LogP contribution in [-0.2, 0) is 20.7 Å². The molecule has 1 aromatic carbocycles. The summed E-state index contributed by atoms with van der Waals surface area (Å²) in [5.41, 5.74) is 3.54. The van der Waals surface area contributed by atoms with E-state index in [1.54, 1.807) is 12.3 Å². The molecule has 7 nitrogen and oxygen atoms in total. The van der Waals surface area contributed by atoms with Crippen molar-refractivity contribution in [2.45, 2.75) is 98.1 Å². The van der Waals surface area contributed by atoms with Gasteiger partial charge in [0.2, 0.25) is 5.95 Å². The fourth-order valence-electron chi connectivity index (χ4n) is 5.30. The monoisotopic (exact) mass is 548 g/mol. The number of ketones is 1. The molecule has 0 radical (unpaired) electrons. The maximum atomic E-state index is 14.8. The molecule has 214 valence electrons. The average molecular weight is 549 g/mol. The number of pyridine rings is 1. The van der Waals surface area contributed by atoms with Crippen molar-refractivity contribution in [3.63, 3.8) is 0 Å². The van der Waals surface area contributed by atoms with E-state index in [2.05, 4.69) is 10.3 Å². The Morgan fingerprint density at radius 2 is 1.82 bits per heavy atom. The summed E-state index contributed by atoms with van der Waals surface area (Å²) in [7, 11) is 0. The van der Waals surface area contributed by atoms with Gasteiger partial charge in [0, 0.05) is 30.9 Å². The normalized spacial score (nSPS) is 17.7. The fraction of sp³-hybridized carbons (Fsp3) is 0.531. The van der Waals surface area contributed by atoms with Crippen LogP contribution in [0.5, 0.6) is 0 Å². The van der Waals surface area contributed by atoms with Crippen LogP contribution in [0, 0.1) is 24.6 Å². The van der Waals surface area contributed by atoms with E-state index in [1.807, 2.05) is 53.7 Å². The van der Waals surface area contributed by atoms with Gasteiger partial charge < -0.3 is 10.1 Å². The number of anilines is 1. The lowest BCUT2D eigenvalue weighted by Gasteiger charge is -2.29. The summed E-state index contributed by atoms with van der Waals surface area (Å²) in [6, 6.07) is 7.08. The van der Waals surface area contributed by atoms with Gasteiger partial charge >= 0.3 is 5.97 Å². The lowest BCUT2D eigenvalue weighted by Crippen LogP contribution is -2.30. The molecular formula is C32H41FN4O3. The topological polar surface area (TPSA) is 94.1 Å². The minimum Gasteiger partial charge on any atom is -0.460 e. The number of ether oxygens (including phenoxy) is 1. The van der Waals surface area contributed by atoms with Gasteiger partial charge in [0.1, 0.15) is 22.7 Å². The number of halogens is 1. The van der Waals surface area contributed by atoms with Gasteiger partial charge in [-0.15, -0.1) is 0 Å². The summed E-state index contributed by atoms with van der Waals surface area (Å²) in [6.07, 6.45) is 6.50. The molecule has 40 heavy (non-hydrogen) atoms. The first-order valence-electron chi connectivity index (χ1n) is 14.3. The minimum atomic E-state index is -0.452. The maximum Gasteiger partial charge on any atom is 0.306 e. The Hall–Kier alpha value is -3.42. The Morgan fingerprint density at radius 3 is 2.48 bits per heavy atom. The summed E-state index contributed by atoms with van der Waals surface area (Å²) in [5, 5.41) is 3.46. The van der Waals surface area contributed by atoms with Crippen LogP contribution in [0.4, 0.5) is 10.3 Å². The number of nitrogens with one attached hydrogen (secondary N) is 1. The Labute approximate surface area is 236 Å². The number of aromatic nitrogens is 3. The molecule has 0 atom stereocenters. The predicted molar refractivity (Wildman–Crippen MR) is 155 cm³/mol. The molecule has 1 saturated carbocycles. The number of hydrogen-bond acceptors (Lipinski definition) is 7. The molecule has 1 N–H and O–H groups in total. The number of fused-ring (bicyclic) bond motifs is 1. The van der Waals surface area contributed by atoms with Crippen LogP contribution < -0.4 is 5.32 Å². The summed E-state index contributed by atoms with van der Waals surface area (Å²) in [6.45, 7) is 11.6. The van der Waals surface area contributed by atoms with Gasteiger partial charge in [-0.05, 0) is 88.5 Å². The molecule has 1 aliphatic rings. The molecule has 0 amide bonds. The molecule has 2 heterocycles. The van der Waals surface area contributed by atoms with Gasteiger partial charge in [-0.3, -0.25) is 9.59 Å². The van der Waals surface area contributed by atoms with Crippen LogP contribution in [-0.4, -0.2) is 38.3 Å². The zero-order valence-electron chi connectivity index (χ0n) is 24.5. The highest BCUT2D eigenvalue weighted by atomic mass is 19.1. The number of rotatable bonds is 9. The highest BCUT2D eigenvalue weighted by Crippen LogP contribution is 2.30. The van der Waals surface area contributed by atoms with Crippen LogP contribution >= 0.6 is 0 Å². The molecule has 4 rings (SSSR count). The second-order valence-electron chi connectivity index (χ2n) is 12.5. The summed E-state index contributed by atoms with van der Waals surface area (Å²) in [5.74, 6) is 0.669. The van der Waals surface area contributed by atoms with Gasteiger partial charge in [0.25, 0.3) is 0 Å². The van der Waals surface area contributed by atoms with Crippen LogP contribution in [0.2, 0.25) is 0 Å². The number of nitrogens with zero attached hydrogens (tertiary/aromatic N) is 3. The largest absolute Gasteiger partial charge is 0.460 e. The zero-order chi connectivity index (χ0) is 29.0. The summed E-state index contributed by atoms with van der Waals surface area (Å²) in [4.78, 5) is 38.3. The summed E-state index contributed by atoms with van der Waals surface area (Å²) >= 11 is 0. The van der Waals surface area contributed by atoms with E-state index in [0.717, 1.165) is 36.8 Å². The SMILES string of the molecule is Cc1cc(-c2ccc(CC(=O)CC(C)C)c(F)c2)nc2cnc(NC3CCC(CC(=O)OC(C)(C)C)CC3)nc12. The smallest absolute Gasteiger partial charge is 0.306 e. The van der Waals surface area contributed by atoms with Crippen molar-refractivity contribution in [2.75, 3.05) is 5.32 Å². The van der Waals surface area contributed by atoms with Crippen molar-refractivity contribution in [1.82, 2.24) is 15.0 Å². The molecule has 1 aliphatic carbocycles. The number of benzene rings is 1.